The minimum absolute atomic E-state index is 0.0237. The monoisotopic (exact) mass is 427 g/mol. The van der Waals surface area contributed by atoms with Gasteiger partial charge in [-0.2, -0.15) is 0 Å². The number of anilines is 1. The zero-order chi connectivity index (χ0) is 21.6. The van der Waals surface area contributed by atoms with Crippen LogP contribution in [0.3, 0.4) is 0 Å². The van der Waals surface area contributed by atoms with E-state index in [4.69, 9.17) is 10.5 Å². The van der Waals surface area contributed by atoms with Crippen molar-refractivity contribution in [3.63, 3.8) is 0 Å². The number of piperidine rings is 1. The molecule has 3 fully saturated rings. The molecule has 0 aliphatic carbocycles. The number of fused-ring (bicyclic) bond motifs is 1. The van der Waals surface area contributed by atoms with Gasteiger partial charge < -0.3 is 20.3 Å². The average Bonchev–Trinajstić information content (AvgIpc) is 3.32. The van der Waals surface area contributed by atoms with E-state index in [1.165, 1.54) is 18.3 Å². The number of ether oxygens (including phenoxy) is 1. The van der Waals surface area contributed by atoms with Crippen molar-refractivity contribution in [1.82, 2.24) is 14.9 Å². The standard InChI is InChI=1S/C22H23F2N5O2/c23-15-3-1-2-14(12-15)17-4-5-19-29(17)21(30)22(31-19)7-10-28(11-8-22)18-6-9-26-20(27-18)16(24)13-25/h1-3,6,9,12-13,17,19H,4-5,7-8,10-11,25H2/t17-,19-/m0/s1. The second-order valence-corrected chi connectivity index (χ2v) is 8.17. The van der Waals surface area contributed by atoms with Crippen molar-refractivity contribution in [2.75, 3.05) is 18.0 Å². The molecular weight excluding hydrogens is 404 g/mol. The van der Waals surface area contributed by atoms with Crippen molar-refractivity contribution >= 4 is 17.6 Å². The molecule has 1 amide bonds. The summed E-state index contributed by atoms with van der Waals surface area (Å²) in [5.41, 5.74) is 5.16. The van der Waals surface area contributed by atoms with Crippen LogP contribution in [0, 0.1) is 5.82 Å². The molecule has 1 aromatic heterocycles. The first-order valence-electron chi connectivity index (χ1n) is 10.4. The smallest absolute Gasteiger partial charge is 0.257 e. The maximum atomic E-state index is 13.7. The van der Waals surface area contributed by atoms with Crippen LogP contribution in [0.4, 0.5) is 14.6 Å². The van der Waals surface area contributed by atoms with E-state index in [9.17, 15) is 13.6 Å². The van der Waals surface area contributed by atoms with Gasteiger partial charge in [0.1, 0.15) is 17.9 Å². The van der Waals surface area contributed by atoms with Crippen LogP contribution in [-0.2, 0) is 9.53 Å². The van der Waals surface area contributed by atoms with Crippen LogP contribution in [0.2, 0.25) is 0 Å². The second kappa shape index (κ2) is 7.56. The molecule has 9 heteroatoms. The highest BCUT2D eigenvalue weighted by atomic mass is 19.1. The fourth-order valence-electron chi connectivity index (χ4n) is 4.90. The highest BCUT2D eigenvalue weighted by Crippen LogP contribution is 2.47. The van der Waals surface area contributed by atoms with E-state index >= 15 is 0 Å². The van der Waals surface area contributed by atoms with E-state index in [0.717, 1.165) is 24.6 Å². The molecule has 162 valence electrons. The van der Waals surface area contributed by atoms with Crippen molar-refractivity contribution in [2.45, 2.75) is 43.6 Å². The summed E-state index contributed by atoms with van der Waals surface area (Å²) >= 11 is 0. The summed E-state index contributed by atoms with van der Waals surface area (Å²) in [5.74, 6) is -0.493. The molecular formula is C22H23F2N5O2. The van der Waals surface area contributed by atoms with Crippen LogP contribution in [-0.4, -0.2) is 45.7 Å². The molecule has 0 unspecified atom stereocenters. The highest BCUT2D eigenvalue weighted by molar-refractivity contribution is 5.88. The van der Waals surface area contributed by atoms with Gasteiger partial charge in [0.15, 0.2) is 17.3 Å². The lowest BCUT2D eigenvalue weighted by atomic mass is 9.89. The van der Waals surface area contributed by atoms with E-state index in [1.807, 2.05) is 11.0 Å². The van der Waals surface area contributed by atoms with Gasteiger partial charge >= 0.3 is 0 Å². The van der Waals surface area contributed by atoms with Crippen molar-refractivity contribution < 1.29 is 18.3 Å². The Morgan fingerprint density at radius 1 is 1.26 bits per heavy atom. The van der Waals surface area contributed by atoms with Gasteiger partial charge in [-0.3, -0.25) is 4.79 Å². The summed E-state index contributed by atoms with van der Waals surface area (Å²) < 4.78 is 33.8. The van der Waals surface area contributed by atoms with Crippen LogP contribution >= 0.6 is 0 Å². The number of hydrogen-bond acceptors (Lipinski definition) is 6. The van der Waals surface area contributed by atoms with E-state index < -0.39 is 11.4 Å². The van der Waals surface area contributed by atoms with E-state index in [0.29, 0.717) is 31.7 Å². The minimum atomic E-state index is -0.870. The van der Waals surface area contributed by atoms with Gasteiger partial charge in [-0.15, -0.1) is 0 Å². The number of carbonyl (C=O) groups excluding carboxylic acids is 1. The van der Waals surface area contributed by atoms with Crippen molar-refractivity contribution in [1.29, 1.82) is 0 Å². The quantitative estimate of drug-likeness (QED) is 0.811. The summed E-state index contributed by atoms with van der Waals surface area (Å²) in [6, 6.07) is 7.98. The lowest BCUT2D eigenvalue weighted by Gasteiger charge is -2.38. The third-order valence-electron chi connectivity index (χ3n) is 6.45. The molecule has 5 rings (SSSR count). The molecule has 3 saturated heterocycles. The number of nitrogens with two attached hydrogens (primary N) is 1. The van der Waals surface area contributed by atoms with Crippen molar-refractivity contribution in [3.8, 4) is 0 Å². The first kappa shape index (κ1) is 19.9. The summed E-state index contributed by atoms with van der Waals surface area (Å²) in [6.45, 7) is 1.09. The normalized spacial score (nSPS) is 25.4. The van der Waals surface area contributed by atoms with Gasteiger partial charge in [0, 0.05) is 38.3 Å². The number of carbonyl (C=O) groups is 1. The summed E-state index contributed by atoms with van der Waals surface area (Å²) in [5, 5.41) is 0. The van der Waals surface area contributed by atoms with E-state index in [1.54, 1.807) is 17.0 Å². The van der Waals surface area contributed by atoms with Crippen LogP contribution in [0.1, 0.15) is 43.1 Å². The molecule has 3 aliphatic heterocycles. The Morgan fingerprint density at radius 2 is 2.06 bits per heavy atom. The molecule has 2 aromatic rings. The summed E-state index contributed by atoms with van der Waals surface area (Å²) in [4.78, 5) is 25.4. The predicted octanol–water partition coefficient (Wildman–Crippen LogP) is 2.90. The number of nitrogens with zero attached hydrogens (tertiary/aromatic N) is 4. The predicted molar refractivity (Wildman–Crippen MR) is 110 cm³/mol. The fourth-order valence-corrected chi connectivity index (χ4v) is 4.90. The highest BCUT2D eigenvalue weighted by Gasteiger charge is 2.58. The Balaban J connectivity index is 1.32. The molecule has 2 N–H and O–H groups in total. The van der Waals surface area contributed by atoms with Crippen LogP contribution < -0.4 is 10.6 Å². The number of amides is 1. The van der Waals surface area contributed by atoms with E-state index in [-0.39, 0.29) is 29.8 Å². The molecule has 0 radical (unpaired) electrons. The van der Waals surface area contributed by atoms with Crippen molar-refractivity contribution in [2.24, 2.45) is 5.73 Å². The molecule has 1 spiro atoms. The molecule has 1 aromatic carbocycles. The maximum absolute atomic E-state index is 13.7. The number of aromatic nitrogens is 2. The molecule has 2 atom stereocenters. The fraction of sp³-hybridized carbons (Fsp3) is 0.409. The third-order valence-corrected chi connectivity index (χ3v) is 6.45. The van der Waals surface area contributed by atoms with Gasteiger partial charge in [0.2, 0.25) is 0 Å². The van der Waals surface area contributed by atoms with Gasteiger partial charge in [0.25, 0.3) is 5.91 Å². The van der Waals surface area contributed by atoms with Crippen LogP contribution in [0.15, 0.2) is 42.7 Å². The molecule has 0 bridgehead atoms. The van der Waals surface area contributed by atoms with Gasteiger partial charge in [-0.1, -0.05) is 12.1 Å². The first-order chi connectivity index (χ1) is 15.0. The van der Waals surface area contributed by atoms with Gasteiger partial charge in [0.05, 0.1) is 6.04 Å². The molecule has 7 nitrogen and oxygen atoms in total. The molecule has 3 aliphatic rings. The maximum Gasteiger partial charge on any atom is 0.257 e. The zero-order valence-electron chi connectivity index (χ0n) is 16.9. The Morgan fingerprint density at radius 3 is 2.81 bits per heavy atom. The Hall–Kier alpha value is -3.07. The van der Waals surface area contributed by atoms with Gasteiger partial charge in [-0.05, 0) is 36.6 Å². The minimum Gasteiger partial charge on any atom is -0.402 e. The van der Waals surface area contributed by atoms with Crippen LogP contribution in [0.25, 0.3) is 5.83 Å². The molecule has 0 saturated carbocycles. The molecule has 31 heavy (non-hydrogen) atoms. The lowest BCUT2D eigenvalue weighted by molar-refractivity contribution is -0.140. The Bertz CT molecular complexity index is 1040. The summed E-state index contributed by atoms with van der Waals surface area (Å²) in [7, 11) is 0. The third kappa shape index (κ3) is 3.33. The van der Waals surface area contributed by atoms with Crippen molar-refractivity contribution in [3.05, 3.63) is 59.9 Å². The number of benzene rings is 1. The van der Waals surface area contributed by atoms with E-state index in [2.05, 4.69) is 9.97 Å². The zero-order valence-corrected chi connectivity index (χ0v) is 16.9. The number of rotatable bonds is 3. The Labute approximate surface area is 178 Å². The first-order valence-corrected chi connectivity index (χ1v) is 10.4. The largest absolute Gasteiger partial charge is 0.402 e. The lowest BCUT2D eigenvalue weighted by Crippen LogP contribution is -2.50. The summed E-state index contributed by atoms with van der Waals surface area (Å²) in [6.07, 6.45) is 4.54. The average molecular weight is 427 g/mol. The topological polar surface area (TPSA) is 84.6 Å². The number of hydrogen-bond donors (Lipinski definition) is 1. The second-order valence-electron chi connectivity index (χ2n) is 8.17. The molecule has 4 heterocycles. The Kier molecular flexibility index (Phi) is 4.85. The van der Waals surface area contributed by atoms with Crippen LogP contribution in [0.5, 0.6) is 0 Å². The SMILES string of the molecule is NC=C(F)c1nccc(N2CCC3(CC2)O[C@H]2CC[C@@H](c4cccc(F)c4)N2C3=O)n1. The van der Waals surface area contributed by atoms with Gasteiger partial charge in [-0.25, -0.2) is 18.7 Å². The number of halogens is 2.